The minimum atomic E-state index is 1.14. The highest BCUT2D eigenvalue weighted by Gasteiger charge is 2.13. The molecule has 1 heterocycles. The Hall–Kier alpha value is -3.36. The minimum Gasteiger partial charge on any atom is -0.311 e. The van der Waals surface area contributed by atoms with Crippen LogP contribution in [0.25, 0.3) is 11.1 Å². The van der Waals surface area contributed by atoms with E-state index in [1.54, 1.807) is 0 Å². The molecule has 0 saturated carbocycles. The van der Waals surface area contributed by atoms with E-state index >= 15 is 0 Å². The smallest absolute Gasteiger partial charge is 0.0462 e. The molecule has 1 aliphatic rings. The second-order valence-electron chi connectivity index (χ2n) is 9.90. The molecule has 2 nitrogen and oxygen atoms in total. The lowest BCUT2D eigenvalue weighted by Crippen LogP contribution is -2.31. The van der Waals surface area contributed by atoms with Gasteiger partial charge in [-0.05, 0) is 99.3 Å². The molecule has 1 saturated heterocycles. The van der Waals surface area contributed by atoms with Gasteiger partial charge in [-0.25, -0.2) is 0 Å². The van der Waals surface area contributed by atoms with Crippen LogP contribution in [0.1, 0.15) is 36.0 Å². The summed E-state index contributed by atoms with van der Waals surface area (Å²) in [6.07, 6.45) is 5.26. The molecule has 0 unspecified atom stereocenters. The predicted octanol–water partition coefficient (Wildman–Crippen LogP) is 8.47. The molecule has 0 atom stereocenters. The van der Waals surface area contributed by atoms with Crippen LogP contribution in [-0.2, 0) is 6.42 Å². The Morgan fingerprint density at radius 2 is 0.971 bits per heavy atom. The topological polar surface area (TPSA) is 6.48 Å². The third kappa shape index (κ3) is 5.83. The van der Waals surface area contributed by atoms with Crippen LogP contribution in [0.2, 0.25) is 0 Å². The van der Waals surface area contributed by atoms with Gasteiger partial charge in [0.25, 0.3) is 0 Å². The van der Waals surface area contributed by atoms with Gasteiger partial charge in [-0.2, -0.15) is 0 Å². The van der Waals surface area contributed by atoms with Gasteiger partial charge in [-0.15, -0.1) is 0 Å². The lowest BCUT2D eigenvalue weighted by Gasteiger charge is -2.26. The standard InChI is InChI=1S/C33H36N2/c1-26-6-16-31(17-7-26)35(32-18-8-27(2)9-19-32)33-20-14-30(15-21-33)29-12-10-28(11-13-29)22-25-34-23-4-3-5-24-34/h6-21H,3-5,22-25H2,1-2H3. The molecule has 0 aliphatic carbocycles. The Kier molecular flexibility index (Phi) is 7.30. The van der Waals surface area contributed by atoms with Crippen LogP contribution in [0.4, 0.5) is 17.1 Å². The van der Waals surface area contributed by atoms with Crippen molar-refractivity contribution in [3.05, 3.63) is 114 Å². The van der Waals surface area contributed by atoms with Crippen LogP contribution in [0, 0.1) is 13.8 Å². The highest BCUT2D eigenvalue weighted by molar-refractivity contribution is 5.78. The molecular formula is C33H36N2. The molecular weight excluding hydrogens is 424 g/mol. The number of hydrogen-bond acceptors (Lipinski definition) is 2. The van der Waals surface area contributed by atoms with Gasteiger partial charge in [0.1, 0.15) is 0 Å². The summed E-state index contributed by atoms with van der Waals surface area (Å²) < 4.78 is 0. The van der Waals surface area contributed by atoms with E-state index in [2.05, 4.69) is 121 Å². The summed E-state index contributed by atoms with van der Waals surface area (Å²) >= 11 is 0. The van der Waals surface area contributed by atoms with E-state index in [9.17, 15) is 0 Å². The number of benzene rings is 4. The van der Waals surface area contributed by atoms with Gasteiger partial charge in [-0.3, -0.25) is 0 Å². The SMILES string of the molecule is Cc1ccc(N(c2ccc(C)cc2)c2ccc(-c3ccc(CCN4CCCCC4)cc3)cc2)cc1. The minimum absolute atomic E-state index is 1.14. The van der Waals surface area contributed by atoms with E-state index in [0.717, 1.165) is 6.42 Å². The second kappa shape index (κ2) is 10.9. The second-order valence-corrected chi connectivity index (χ2v) is 9.90. The first-order valence-corrected chi connectivity index (χ1v) is 13.0. The molecule has 4 aromatic carbocycles. The van der Waals surface area contributed by atoms with Crippen LogP contribution in [0.15, 0.2) is 97.1 Å². The van der Waals surface area contributed by atoms with E-state index in [4.69, 9.17) is 0 Å². The summed E-state index contributed by atoms with van der Waals surface area (Å²) in [5.74, 6) is 0. The summed E-state index contributed by atoms with van der Waals surface area (Å²) in [5.41, 5.74) is 10.0. The first-order chi connectivity index (χ1) is 17.2. The van der Waals surface area contributed by atoms with Gasteiger partial charge >= 0.3 is 0 Å². The molecule has 4 aromatic rings. The molecule has 0 amide bonds. The van der Waals surface area contributed by atoms with Gasteiger partial charge in [0.05, 0.1) is 0 Å². The van der Waals surface area contributed by atoms with Crippen molar-refractivity contribution >= 4 is 17.1 Å². The fourth-order valence-electron chi connectivity index (χ4n) is 4.97. The van der Waals surface area contributed by atoms with Gasteiger partial charge in [0, 0.05) is 23.6 Å². The van der Waals surface area contributed by atoms with Crippen molar-refractivity contribution in [2.75, 3.05) is 24.5 Å². The normalized spacial score (nSPS) is 14.1. The average Bonchev–Trinajstić information content (AvgIpc) is 2.91. The Bertz CT molecular complexity index is 1150. The highest BCUT2D eigenvalue weighted by Crippen LogP contribution is 2.35. The zero-order valence-corrected chi connectivity index (χ0v) is 21.1. The molecule has 2 heteroatoms. The van der Waals surface area contributed by atoms with E-state index < -0.39 is 0 Å². The molecule has 1 fully saturated rings. The molecule has 1 aliphatic heterocycles. The van der Waals surface area contributed by atoms with Crippen molar-refractivity contribution in [1.29, 1.82) is 0 Å². The largest absolute Gasteiger partial charge is 0.311 e. The van der Waals surface area contributed by atoms with Crippen LogP contribution in [0.5, 0.6) is 0 Å². The summed E-state index contributed by atoms with van der Waals surface area (Å²) in [6, 6.07) is 35.6. The fraction of sp³-hybridized carbons (Fsp3) is 0.273. The van der Waals surface area contributed by atoms with Crippen molar-refractivity contribution in [2.45, 2.75) is 39.5 Å². The Labute approximate surface area is 210 Å². The first-order valence-electron chi connectivity index (χ1n) is 13.0. The maximum absolute atomic E-state index is 2.62. The van der Waals surface area contributed by atoms with Crippen LogP contribution >= 0.6 is 0 Å². The Morgan fingerprint density at radius 1 is 0.543 bits per heavy atom. The lowest BCUT2D eigenvalue weighted by atomic mass is 10.0. The van der Waals surface area contributed by atoms with Gasteiger partial charge in [0.2, 0.25) is 0 Å². The monoisotopic (exact) mass is 460 g/mol. The Balaban J connectivity index is 1.34. The predicted molar refractivity (Wildman–Crippen MR) is 150 cm³/mol. The third-order valence-corrected chi connectivity index (χ3v) is 7.16. The summed E-state index contributed by atoms with van der Waals surface area (Å²) in [6.45, 7) is 7.99. The van der Waals surface area contributed by atoms with Crippen LogP contribution in [-0.4, -0.2) is 24.5 Å². The quantitative estimate of drug-likeness (QED) is 0.273. The zero-order chi connectivity index (χ0) is 24.0. The number of anilines is 3. The number of hydrogen-bond donors (Lipinski definition) is 0. The molecule has 5 rings (SSSR count). The van der Waals surface area contributed by atoms with Gasteiger partial charge in [-0.1, -0.05) is 78.2 Å². The highest BCUT2D eigenvalue weighted by atomic mass is 15.1. The molecule has 0 N–H and O–H groups in total. The van der Waals surface area contributed by atoms with E-state index in [1.807, 2.05) is 0 Å². The number of nitrogens with zero attached hydrogens (tertiary/aromatic N) is 2. The molecule has 0 bridgehead atoms. The van der Waals surface area contributed by atoms with Crippen molar-refractivity contribution in [3.63, 3.8) is 0 Å². The van der Waals surface area contributed by atoms with E-state index in [0.29, 0.717) is 0 Å². The lowest BCUT2D eigenvalue weighted by molar-refractivity contribution is 0.231. The number of likely N-dealkylation sites (tertiary alicyclic amines) is 1. The van der Waals surface area contributed by atoms with Crippen molar-refractivity contribution in [3.8, 4) is 11.1 Å². The van der Waals surface area contributed by atoms with E-state index in [-0.39, 0.29) is 0 Å². The molecule has 35 heavy (non-hydrogen) atoms. The van der Waals surface area contributed by atoms with Crippen molar-refractivity contribution in [2.24, 2.45) is 0 Å². The van der Waals surface area contributed by atoms with Gasteiger partial charge in [0.15, 0.2) is 0 Å². The summed E-state index contributed by atoms with van der Waals surface area (Å²) in [5, 5.41) is 0. The molecule has 0 spiro atoms. The average molecular weight is 461 g/mol. The zero-order valence-electron chi connectivity index (χ0n) is 21.1. The molecule has 178 valence electrons. The van der Waals surface area contributed by atoms with Crippen molar-refractivity contribution in [1.82, 2.24) is 4.90 Å². The summed E-state index contributed by atoms with van der Waals surface area (Å²) in [7, 11) is 0. The first kappa shape index (κ1) is 23.4. The van der Waals surface area contributed by atoms with Crippen molar-refractivity contribution < 1.29 is 0 Å². The Morgan fingerprint density at radius 3 is 1.46 bits per heavy atom. The van der Waals surface area contributed by atoms with Crippen LogP contribution in [0.3, 0.4) is 0 Å². The maximum atomic E-state index is 2.62. The van der Waals surface area contributed by atoms with Crippen LogP contribution < -0.4 is 4.90 Å². The van der Waals surface area contributed by atoms with E-state index in [1.165, 1.54) is 83.8 Å². The van der Waals surface area contributed by atoms with Gasteiger partial charge < -0.3 is 9.80 Å². The summed E-state index contributed by atoms with van der Waals surface area (Å²) in [4.78, 5) is 4.94. The number of rotatable bonds is 7. The fourth-order valence-corrected chi connectivity index (χ4v) is 4.97. The maximum Gasteiger partial charge on any atom is 0.0462 e. The number of aryl methyl sites for hydroxylation is 2. The molecule has 0 radical (unpaired) electrons. The third-order valence-electron chi connectivity index (χ3n) is 7.16. The molecule has 0 aromatic heterocycles. The number of piperidine rings is 1.